The molecule has 0 aliphatic heterocycles. The molecule has 0 saturated carbocycles. The number of hydrogen-bond donors (Lipinski definition) is 2. The molecule has 2 atom stereocenters. The van der Waals surface area contributed by atoms with Crippen molar-refractivity contribution in [2.45, 2.75) is 147 Å². The average molecular weight is 754 g/mol. The average Bonchev–Trinajstić information content (AvgIpc) is 3.47. The van der Waals surface area contributed by atoms with E-state index in [1.165, 1.54) is 76.0 Å². The van der Waals surface area contributed by atoms with Crippen LogP contribution in [-0.4, -0.2) is 66.0 Å². The van der Waals surface area contributed by atoms with Crippen LogP contribution in [0.15, 0.2) is 48.5 Å². The van der Waals surface area contributed by atoms with Gasteiger partial charge < -0.3 is 24.6 Å². The number of benzene rings is 2. The van der Waals surface area contributed by atoms with Gasteiger partial charge in [-0.15, -0.1) is 0 Å². The molecule has 0 spiro atoms. The van der Waals surface area contributed by atoms with Crippen LogP contribution in [0.4, 0.5) is 4.79 Å². The molecule has 2 aromatic carbocycles. The summed E-state index contributed by atoms with van der Waals surface area (Å²) in [5.41, 5.74) is 4.33. The zero-order valence-corrected chi connectivity index (χ0v) is 32.9. The van der Waals surface area contributed by atoms with E-state index in [0.717, 1.165) is 60.8 Å². The van der Waals surface area contributed by atoms with E-state index in [1.807, 2.05) is 48.5 Å². The highest BCUT2D eigenvalue weighted by Crippen LogP contribution is 2.44. The van der Waals surface area contributed by atoms with Crippen molar-refractivity contribution in [2.75, 3.05) is 24.7 Å². The number of carboxylic acid groups (broad SMARTS) is 1. The van der Waals surface area contributed by atoms with Gasteiger partial charge in [0.2, 0.25) is 0 Å². The van der Waals surface area contributed by atoms with E-state index in [4.69, 9.17) is 14.2 Å². The van der Waals surface area contributed by atoms with Crippen LogP contribution in [0, 0.1) is 0 Å². The van der Waals surface area contributed by atoms with Crippen molar-refractivity contribution in [3.8, 4) is 11.1 Å². The lowest BCUT2D eigenvalue weighted by atomic mass is 9.98. The number of nitrogens with one attached hydrogen (secondary N) is 1. The zero-order chi connectivity index (χ0) is 38.1. The summed E-state index contributed by atoms with van der Waals surface area (Å²) in [4.78, 5) is 49.9. The molecule has 2 N–H and O–H groups in total. The maximum Gasteiger partial charge on any atom is 0.407 e. The first-order valence-electron chi connectivity index (χ1n) is 20.1. The van der Waals surface area contributed by atoms with Crippen molar-refractivity contribution in [1.82, 2.24) is 5.32 Å². The van der Waals surface area contributed by atoms with Gasteiger partial charge in [-0.1, -0.05) is 152 Å². The molecule has 0 saturated heterocycles. The Morgan fingerprint density at radius 2 is 1.15 bits per heavy atom. The smallest absolute Gasteiger partial charge is 0.407 e. The Hall–Kier alpha value is -3.53. The molecule has 294 valence electrons. The highest BCUT2D eigenvalue weighted by molar-refractivity contribution is 7.99. The molecule has 1 aliphatic rings. The van der Waals surface area contributed by atoms with Crippen LogP contribution in [0.1, 0.15) is 146 Å². The molecule has 53 heavy (non-hydrogen) atoms. The molecule has 0 bridgehead atoms. The maximum atomic E-state index is 12.8. The molecule has 0 fully saturated rings. The first-order chi connectivity index (χ1) is 25.8. The number of carbonyl (C=O) groups excluding carboxylic acids is 3. The molecule has 1 aliphatic carbocycles. The number of thioether (sulfide) groups is 1. The molecule has 1 amide bonds. The van der Waals surface area contributed by atoms with Gasteiger partial charge in [0.05, 0.1) is 0 Å². The fourth-order valence-electron chi connectivity index (χ4n) is 6.70. The molecular formula is C43H63NO8S. The van der Waals surface area contributed by atoms with Crippen LogP contribution in [-0.2, 0) is 28.6 Å². The minimum absolute atomic E-state index is 0.0108. The Kier molecular flexibility index (Phi) is 21.8. The second-order valence-corrected chi connectivity index (χ2v) is 15.2. The number of carboxylic acids is 1. The van der Waals surface area contributed by atoms with Crippen LogP contribution >= 0.6 is 11.8 Å². The second kappa shape index (κ2) is 26.3. The third kappa shape index (κ3) is 17.0. The highest BCUT2D eigenvalue weighted by Gasteiger charge is 2.30. The van der Waals surface area contributed by atoms with E-state index in [2.05, 4.69) is 19.2 Å². The summed E-state index contributed by atoms with van der Waals surface area (Å²) in [5.74, 6) is -1.83. The van der Waals surface area contributed by atoms with Gasteiger partial charge >= 0.3 is 24.0 Å². The van der Waals surface area contributed by atoms with E-state index in [-0.39, 0.29) is 49.0 Å². The van der Waals surface area contributed by atoms with Gasteiger partial charge in [-0.2, -0.15) is 11.8 Å². The summed E-state index contributed by atoms with van der Waals surface area (Å²) in [6.45, 7) is 4.27. The normalized spacial score (nSPS) is 13.1. The largest absolute Gasteiger partial charge is 0.480 e. The predicted molar refractivity (Wildman–Crippen MR) is 212 cm³/mol. The minimum Gasteiger partial charge on any atom is -0.480 e. The van der Waals surface area contributed by atoms with Crippen molar-refractivity contribution in [3.63, 3.8) is 0 Å². The van der Waals surface area contributed by atoms with Crippen LogP contribution in [0.5, 0.6) is 0 Å². The number of fused-ring (bicyclic) bond motifs is 3. The Morgan fingerprint density at radius 1 is 0.660 bits per heavy atom. The zero-order valence-electron chi connectivity index (χ0n) is 32.1. The Labute approximate surface area is 321 Å². The lowest BCUT2D eigenvalue weighted by Crippen LogP contribution is -2.43. The highest BCUT2D eigenvalue weighted by atomic mass is 32.2. The number of aliphatic carboxylic acids is 1. The van der Waals surface area contributed by atoms with E-state index >= 15 is 0 Å². The van der Waals surface area contributed by atoms with Gasteiger partial charge in [0.15, 0.2) is 0 Å². The van der Waals surface area contributed by atoms with E-state index < -0.39 is 24.2 Å². The number of alkyl carbamates (subject to hydrolysis) is 1. The number of unbranched alkanes of at least 4 members (excludes halogenated alkanes) is 14. The Bertz CT molecular complexity index is 1340. The van der Waals surface area contributed by atoms with Gasteiger partial charge in [0, 0.05) is 30.3 Å². The number of esters is 2. The fraction of sp³-hybridized carbons (Fsp3) is 0.628. The van der Waals surface area contributed by atoms with Gasteiger partial charge in [0.25, 0.3) is 0 Å². The topological polar surface area (TPSA) is 128 Å². The van der Waals surface area contributed by atoms with Crippen LogP contribution in [0.2, 0.25) is 0 Å². The molecule has 2 aromatic rings. The van der Waals surface area contributed by atoms with E-state index in [1.54, 1.807) is 0 Å². The summed E-state index contributed by atoms with van der Waals surface area (Å²) in [6.07, 6.45) is 17.5. The van der Waals surface area contributed by atoms with Crippen molar-refractivity contribution >= 4 is 35.8 Å². The number of hydrogen-bond acceptors (Lipinski definition) is 8. The van der Waals surface area contributed by atoms with Crippen molar-refractivity contribution in [1.29, 1.82) is 0 Å². The number of amides is 1. The first-order valence-corrected chi connectivity index (χ1v) is 21.3. The molecule has 0 unspecified atom stereocenters. The van der Waals surface area contributed by atoms with Gasteiger partial charge in [-0.3, -0.25) is 9.59 Å². The standard InChI is InChI=1S/C43H63NO8S/c1-3-5-7-8-9-10-11-12-13-14-15-16-18-28-41(46)52-33(29-50-40(45)27-17-6-4-2)31-53-32-39(42(47)48)44-43(49)51-30-38-36-25-21-19-23-34(36)35-24-20-22-26-37(35)38/h19-26,33,38-39H,3-18,27-32H2,1-2H3,(H,44,49)(H,47,48)/t33-,39+/m1/s1. The summed E-state index contributed by atoms with van der Waals surface area (Å²) in [6, 6.07) is 14.8. The molecule has 0 radical (unpaired) electrons. The lowest BCUT2D eigenvalue weighted by molar-refractivity contribution is -0.157. The first kappa shape index (κ1) is 43.9. The van der Waals surface area contributed by atoms with E-state index in [0.29, 0.717) is 6.42 Å². The second-order valence-electron chi connectivity index (χ2n) is 14.1. The quantitative estimate of drug-likeness (QED) is 0.0474. The third-order valence-corrected chi connectivity index (χ3v) is 10.9. The minimum atomic E-state index is -1.23. The van der Waals surface area contributed by atoms with Gasteiger partial charge in [0.1, 0.15) is 25.4 Å². The molecular weight excluding hydrogens is 691 g/mol. The van der Waals surface area contributed by atoms with Crippen molar-refractivity contribution in [3.05, 3.63) is 59.7 Å². The molecule has 9 nitrogen and oxygen atoms in total. The Morgan fingerprint density at radius 3 is 1.72 bits per heavy atom. The lowest BCUT2D eigenvalue weighted by Gasteiger charge is -2.20. The van der Waals surface area contributed by atoms with Crippen molar-refractivity contribution < 1.29 is 38.5 Å². The number of ether oxygens (including phenoxy) is 3. The monoisotopic (exact) mass is 753 g/mol. The third-order valence-electron chi connectivity index (χ3n) is 9.72. The molecule has 0 aromatic heterocycles. The summed E-state index contributed by atoms with van der Waals surface area (Å²) < 4.78 is 16.7. The van der Waals surface area contributed by atoms with Crippen LogP contribution < -0.4 is 5.32 Å². The van der Waals surface area contributed by atoms with Gasteiger partial charge in [-0.05, 0) is 35.1 Å². The molecule has 0 heterocycles. The summed E-state index contributed by atoms with van der Waals surface area (Å²) >= 11 is 1.21. The predicted octanol–water partition coefficient (Wildman–Crippen LogP) is 10.2. The maximum absolute atomic E-state index is 12.8. The van der Waals surface area contributed by atoms with Crippen LogP contribution in [0.25, 0.3) is 11.1 Å². The SMILES string of the molecule is CCCCCCCCCCCCCCCC(=O)O[C@H](COC(=O)CCCCC)CSC[C@H](NC(=O)OCC1c2ccccc2-c2ccccc21)C(=O)O. The molecule has 3 rings (SSSR count). The van der Waals surface area contributed by atoms with Gasteiger partial charge in [-0.25, -0.2) is 9.59 Å². The fourth-order valence-corrected chi connectivity index (χ4v) is 7.72. The van der Waals surface area contributed by atoms with Crippen LogP contribution in [0.3, 0.4) is 0 Å². The number of carbonyl (C=O) groups is 4. The summed E-state index contributed by atoms with van der Waals surface area (Å²) in [7, 11) is 0. The van der Waals surface area contributed by atoms with E-state index in [9.17, 15) is 24.3 Å². The summed E-state index contributed by atoms with van der Waals surface area (Å²) in [5, 5.41) is 12.3. The Balaban J connectivity index is 1.40. The number of rotatable bonds is 29. The van der Waals surface area contributed by atoms with Crippen molar-refractivity contribution in [2.24, 2.45) is 0 Å². The molecule has 10 heteroatoms.